The molecular formula is C25H28FN3O5S2. The molecule has 11 heteroatoms. The number of anilines is 1. The molecule has 5 rings (SSSR count). The van der Waals surface area contributed by atoms with Crippen molar-refractivity contribution in [2.75, 3.05) is 38.3 Å². The Hall–Kier alpha value is -2.44. The molecular weight excluding hydrogens is 505 g/mol. The molecule has 2 unspecified atom stereocenters. The molecule has 2 atom stereocenters. The van der Waals surface area contributed by atoms with Crippen LogP contribution in [-0.4, -0.2) is 69.2 Å². The number of likely N-dealkylation sites (N-methyl/N-ethyl adjacent to an activating group) is 1. The first-order chi connectivity index (χ1) is 17.3. The van der Waals surface area contributed by atoms with Crippen LogP contribution < -0.4 is 4.90 Å². The molecule has 192 valence electrons. The highest BCUT2D eigenvalue weighted by Crippen LogP contribution is 2.31. The lowest BCUT2D eigenvalue weighted by atomic mass is 10.2. The molecule has 0 spiro atoms. The van der Waals surface area contributed by atoms with E-state index in [0.717, 1.165) is 25.7 Å². The Morgan fingerprint density at radius 2 is 1.72 bits per heavy atom. The molecule has 0 N–H and O–H groups in total. The predicted molar refractivity (Wildman–Crippen MR) is 135 cm³/mol. The normalized spacial score (nSPS) is 20.4. The van der Waals surface area contributed by atoms with Crippen molar-refractivity contribution in [2.45, 2.75) is 42.8 Å². The summed E-state index contributed by atoms with van der Waals surface area (Å²) in [5, 5.41) is 0.448. The Morgan fingerprint density at radius 1 is 1.06 bits per heavy atom. The van der Waals surface area contributed by atoms with Crippen LogP contribution in [0.1, 0.15) is 36.0 Å². The lowest BCUT2D eigenvalue weighted by molar-refractivity contribution is 0.0917. The Morgan fingerprint density at radius 3 is 2.36 bits per heavy atom. The van der Waals surface area contributed by atoms with Crippen molar-refractivity contribution < 1.29 is 27.1 Å². The number of hydrogen-bond acceptors (Lipinski definition) is 7. The van der Waals surface area contributed by atoms with Crippen LogP contribution in [0.5, 0.6) is 0 Å². The van der Waals surface area contributed by atoms with Crippen LogP contribution in [-0.2, 0) is 19.5 Å². The van der Waals surface area contributed by atoms with E-state index in [4.69, 9.17) is 9.47 Å². The third-order valence-corrected chi connectivity index (χ3v) is 9.40. The van der Waals surface area contributed by atoms with Gasteiger partial charge in [-0.05, 0) is 68.1 Å². The Balaban J connectivity index is 1.39. The summed E-state index contributed by atoms with van der Waals surface area (Å²) in [5.74, 6) is -0.683. The second kappa shape index (κ2) is 10.5. The van der Waals surface area contributed by atoms with E-state index in [2.05, 4.69) is 4.98 Å². The summed E-state index contributed by atoms with van der Waals surface area (Å²) in [4.78, 5) is 19.8. The molecule has 2 fully saturated rings. The fourth-order valence-corrected chi connectivity index (χ4v) is 6.72. The average Bonchev–Trinajstić information content (AvgIpc) is 3.64. The molecule has 36 heavy (non-hydrogen) atoms. The highest BCUT2D eigenvalue weighted by molar-refractivity contribution is 7.89. The molecule has 0 bridgehead atoms. The molecule has 2 aromatic carbocycles. The molecule has 3 aromatic rings. The zero-order valence-corrected chi connectivity index (χ0v) is 21.6. The zero-order valence-electron chi connectivity index (χ0n) is 19.9. The van der Waals surface area contributed by atoms with Crippen molar-refractivity contribution in [3.63, 3.8) is 0 Å². The van der Waals surface area contributed by atoms with E-state index in [-0.39, 0.29) is 35.4 Å². The van der Waals surface area contributed by atoms with Crippen molar-refractivity contribution in [1.82, 2.24) is 9.29 Å². The molecule has 8 nitrogen and oxygen atoms in total. The van der Waals surface area contributed by atoms with Crippen LogP contribution in [0.15, 0.2) is 47.4 Å². The Labute approximate surface area is 213 Å². The van der Waals surface area contributed by atoms with Gasteiger partial charge in [0, 0.05) is 32.4 Å². The summed E-state index contributed by atoms with van der Waals surface area (Å²) < 4.78 is 53.0. The molecule has 0 radical (unpaired) electrons. The number of fused-ring (bicyclic) bond motifs is 1. The first-order valence-electron chi connectivity index (χ1n) is 12.0. The van der Waals surface area contributed by atoms with Gasteiger partial charge in [-0.2, -0.15) is 4.31 Å². The number of aromatic nitrogens is 1. The van der Waals surface area contributed by atoms with E-state index in [0.29, 0.717) is 40.7 Å². The third-order valence-electron chi connectivity index (χ3n) is 6.52. The van der Waals surface area contributed by atoms with Crippen molar-refractivity contribution in [3.8, 4) is 0 Å². The summed E-state index contributed by atoms with van der Waals surface area (Å²) in [6.07, 6.45) is 3.30. The van der Waals surface area contributed by atoms with Gasteiger partial charge < -0.3 is 9.47 Å². The van der Waals surface area contributed by atoms with Gasteiger partial charge in [-0.25, -0.2) is 17.8 Å². The topological polar surface area (TPSA) is 89.0 Å². The number of thiazole rings is 1. The number of carbonyl (C=O) groups excluding carboxylic acids is 1. The van der Waals surface area contributed by atoms with Gasteiger partial charge in [0.25, 0.3) is 5.91 Å². The summed E-state index contributed by atoms with van der Waals surface area (Å²) >= 11 is 1.24. The highest BCUT2D eigenvalue weighted by atomic mass is 32.2. The first kappa shape index (κ1) is 25.2. The highest BCUT2D eigenvalue weighted by Gasteiger charge is 2.29. The van der Waals surface area contributed by atoms with Crippen LogP contribution in [0.4, 0.5) is 9.52 Å². The van der Waals surface area contributed by atoms with Gasteiger partial charge in [0.1, 0.15) is 5.82 Å². The first-order valence-corrected chi connectivity index (χ1v) is 14.2. The largest absolute Gasteiger partial charge is 0.377 e. The number of sulfonamides is 1. The second-order valence-corrected chi connectivity index (χ2v) is 12.2. The van der Waals surface area contributed by atoms with E-state index < -0.39 is 10.0 Å². The zero-order chi connectivity index (χ0) is 25.3. The van der Waals surface area contributed by atoms with Crippen molar-refractivity contribution in [2.24, 2.45) is 0 Å². The minimum atomic E-state index is -3.72. The van der Waals surface area contributed by atoms with E-state index in [1.54, 1.807) is 11.0 Å². The smallest absolute Gasteiger partial charge is 0.260 e. The van der Waals surface area contributed by atoms with Crippen LogP contribution in [0, 0.1) is 5.82 Å². The number of amides is 1. The fraction of sp³-hybridized carbons (Fsp3) is 0.440. The van der Waals surface area contributed by atoms with Gasteiger partial charge in [0.2, 0.25) is 10.0 Å². The summed E-state index contributed by atoms with van der Waals surface area (Å²) in [6, 6.07) is 10.3. The van der Waals surface area contributed by atoms with E-state index in [1.165, 1.54) is 59.1 Å². The van der Waals surface area contributed by atoms with Crippen molar-refractivity contribution in [1.29, 1.82) is 0 Å². The fourth-order valence-electron chi connectivity index (χ4n) is 4.52. The second-order valence-electron chi connectivity index (χ2n) is 9.10. The van der Waals surface area contributed by atoms with Gasteiger partial charge in [0.15, 0.2) is 5.13 Å². The molecule has 2 saturated heterocycles. The maximum Gasteiger partial charge on any atom is 0.260 e. The number of nitrogens with zero attached hydrogens (tertiary/aromatic N) is 3. The number of carbonyl (C=O) groups is 1. The maximum absolute atomic E-state index is 13.7. The van der Waals surface area contributed by atoms with Crippen LogP contribution in [0.25, 0.3) is 10.2 Å². The van der Waals surface area contributed by atoms with Gasteiger partial charge in [-0.15, -0.1) is 0 Å². The molecule has 0 saturated carbocycles. The minimum absolute atomic E-state index is 0.0979. The molecule has 0 aliphatic carbocycles. The molecule has 1 amide bonds. The Kier molecular flexibility index (Phi) is 7.36. The molecule has 1 aromatic heterocycles. The van der Waals surface area contributed by atoms with Gasteiger partial charge >= 0.3 is 0 Å². The van der Waals surface area contributed by atoms with Crippen LogP contribution in [0.2, 0.25) is 0 Å². The Bertz CT molecular complexity index is 1330. The van der Waals surface area contributed by atoms with Crippen LogP contribution >= 0.6 is 11.3 Å². The third kappa shape index (κ3) is 5.30. The van der Waals surface area contributed by atoms with Crippen molar-refractivity contribution in [3.05, 3.63) is 53.8 Å². The van der Waals surface area contributed by atoms with E-state index >= 15 is 0 Å². The van der Waals surface area contributed by atoms with E-state index in [9.17, 15) is 17.6 Å². The lowest BCUT2D eigenvalue weighted by Crippen LogP contribution is -2.37. The summed E-state index contributed by atoms with van der Waals surface area (Å²) in [7, 11) is -2.18. The van der Waals surface area contributed by atoms with Crippen molar-refractivity contribution >= 4 is 42.6 Å². The number of hydrogen-bond donors (Lipinski definition) is 0. The molecule has 3 heterocycles. The molecule has 2 aliphatic heterocycles. The lowest BCUT2D eigenvalue weighted by Gasteiger charge is -2.23. The minimum Gasteiger partial charge on any atom is -0.377 e. The number of rotatable bonds is 8. The average molecular weight is 534 g/mol. The predicted octanol–water partition coefficient (Wildman–Crippen LogP) is 4.06. The summed E-state index contributed by atoms with van der Waals surface area (Å²) in [5.41, 5.74) is 0.941. The monoisotopic (exact) mass is 533 g/mol. The number of benzene rings is 2. The number of ether oxygens (including phenoxy) is 2. The number of halogens is 1. The van der Waals surface area contributed by atoms with Gasteiger partial charge in [-0.1, -0.05) is 11.3 Å². The quantitative estimate of drug-likeness (QED) is 0.434. The SMILES string of the molecule is CN(CC1CCCO1)S(=O)(=O)c1ccc(C(=O)N(CC2CCCO2)c2nc3ccc(F)cc3s2)cc1. The summed E-state index contributed by atoms with van der Waals surface area (Å²) in [6.45, 7) is 1.90. The van der Waals surface area contributed by atoms with Gasteiger partial charge in [0.05, 0.1) is 33.9 Å². The molecule has 2 aliphatic rings. The van der Waals surface area contributed by atoms with Gasteiger partial charge in [-0.3, -0.25) is 9.69 Å². The standard InChI is InChI=1S/C25H28FN3O5S2/c1-28(15-19-4-2-12-33-19)36(31,32)21-9-6-17(7-10-21)24(30)29(16-20-5-3-13-34-20)25-27-22-11-8-18(26)14-23(22)35-25/h6-11,14,19-20H,2-5,12-13,15-16H2,1H3. The van der Waals surface area contributed by atoms with E-state index in [1.807, 2.05) is 0 Å². The maximum atomic E-state index is 13.7. The van der Waals surface area contributed by atoms with Crippen LogP contribution in [0.3, 0.4) is 0 Å².